The highest BCUT2D eigenvalue weighted by Gasteiger charge is 2.37. The Hall–Kier alpha value is -1.95. The van der Waals surface area contributed by atoms with E-state index in [1.54, 1.807) is 38.5 Å². The van der Waals surface area contributed by atoms with Gasteiger partial charge in [0.2, 0.25) is 0 Å². The summed E-state index contributed by atoms with van der Waals surface area (Å²) in [5.41, 5.74) is 0.734. The number of nitrogens with zero attached hydrogens (tertiary/aromatic N) is 1. The molecule has 6 heteroatoms. The molecule has 0 bridgehead atoms. The maximum absolute atomic E-state index is 12.4. The largest absolute Gasteiger partial charge is 0.497 e. The number of carbonyl (C=O) groups excluding carboxylic acids is 2. The third-order valence-corrected chi connectivity index (χ3v) is 4.47. The summed E-state index contributed by atoms with van der Waals surface area (Å²) >= 11 is 0.961. The summed E-state index contributed by atoms with van der Waals surface area (Å²) < 4.78 is 10.5. The summed E-state index contributed by atoms with van der Waals surface area (Å²) in [6.45, 7) is 3.82. The molecular formula is C16H19NO4S. The van der Waals surface area contributed by atoms with E-state index in [4.69, 9.17) is 9.47 Å². The molecule has 0 aromatic heterocycles. The quantitative estimate of drug-likeness (QED) is 0.776. The molecule has 1 aliphatic heterocycles. The first kappa shape index (κ1) is 16.4. The summed E-state index contributed by atoms with van der Waals surface area (Å²) in [6, 6.07) is 5.23. The van der Waals surface area contributed by atoms with Crippen LogP contribution < -0.4 is 9.47 Å². The van der Waals surface area contributed by atoms with Gasteiger partial charge in [-0.3, -0.25) is 14.5 Å². The molecule has 1 saturated heterocycles. The zero-order valence-corrected chi connectivity index (χ0v) is 13.9. The monoisotopic (exact) mass is 321 g/mol. The van der Waals surface area contributed by atoms with E-state index in [9.17, 15) is 9.59 Å². The van der Waals surface area contributed by atoms with Crippen molar-refractivity contribution in [2.45, 2.75) is 26.3 Å². The molecule has 1 atom stereocenters. The Labute approximate surface area is 134 Å². The Kier molecular flexibility index (Phi) is 5.13. The molecular weight excluding hydrogens is 302 g/mol. The van der Waals surface area contributed by atoms with Crippen LogP contribution in [0, 0.1) is 0 Å². The van der Waals surface area contributed by atoms with Gasteiger partial charge in [-0.2, -0.15) is 0 Å². The Morgan fingerprint density at radius 1 is 1.27 bits per heavy atom. The number of hydrogen-bond acceptors (Lipinski definition) is 5. The standard InChI is InChI=1S/C16H19NO4S/c1-5-10(2)17-15(18)14(22-16(17)19)8-11-6-7-12(20-3)9-13(11)21-4/h6-10H,5H2,1-4H3/t10-/m1/s1. The van der Waals surface area contributed by atoms with Crippen LogP contribution in [0.5, 0.6) is 11.5 Å². The molecule has 0 spiro atoms. The average Bonchev–Trinajstić information content (AvgIpc) is 2.81. The second kappa shape index (κ2) is 6.87. The van der Waals surface area contributed by atoms with E-state index in [2.05, 4.69) is 0 Å². The molecule has 1 fully saturated rings. The number of ether oxygens (including phenoxy) is 2. The first-order valence-electron chi connectivity index (χ1n) is 7.00. The number of imide groups is 1. The predicted octanol–water partition coefficient (Wildman–Crippen LogP) is 3.54. The van der Waals surface area contributed by atoms with Gasteiger partial charge in [-0.15, -0.1) is 0 Å². The molecule has 2 rings (SSSR count). The summed E-state index contributed by atoms with van der Waals surface area (Å²) in [5, 5.41) is -0.224. The summed E-state index contributed by atoms with van der Waals surface area (Å²) in [5.74, 6) is 1.01. The first-order valence-corrected chi connectivity index (χ1v) is 7.82. The molecule has 22 heavy (non-hydrogen) atoms. The molecule has 0 radical (unpaired) electrons. The lowest BCUT2D eigenvalue weighted by molar-refractivity contribution is -0.124. The van der Waals surface area contributed by atoms with E-state index in [0.29, 0.717) is 16.4 Å². The predicted molar refractivity (Wildman–Crippen MR) is 87.1 cm³/mol. The zero-order chi connectivity index (χ0) is 16.3. The van der Waals surface area contributed by atoms with Gasteiger partial charge in [0.15, 0.2) is 0 Å². The minimum Gasteiger partial charge on any atom is -0.497 e. The molecule has 1 aliphatic rings. The van der Waals surface area contributed by atoms with Gasteiger partial charge in [-0.1, -0.05) is 6.92 Å². The number of amides is 2. The molecule has 0 N–H and O–H groups in total. The maximum Gasteiger partial charge on any atom is 0.293 e. The SMILES string of the molecule is CC[C@@H](C)N1C(=O)SC(=Cc2ccc(OC)cc2OC)C1=O. The molecule has 118 valence electrons. The van der Waals surface area contributed by atoms with Crippen molar-refractivity contribution in [1.82, 2.24) is 4.90 Å². The van der Waals surface area contributed by atoms with Crippen LogP contribution in [0.3, 0.4) is 0 Å². The van der Waals surface area contributed by atoms with Crippen LogP contribution >= 0.6 is 11.8 Å². The lowest BCUT2D eigenvalue weighted by atomic mass is 10.1. The van der Waals surface area contributed by atoms with Gasteiger partial charge < -0.3 is 9.47 Å². The fourth-order valence-corrected chi connectivity index (χ4v) is 3.04. The number of benzene rings is 1. The topological polar surface area (TPSA) is 55.8 Å². The average molecular weight is 321 g/mol. The van der Waals surface area contributed by atoms with Crippen molar-refractivity contribution >= 4 is 29.0 Å². The van der Waals surface area contributed by atoms with Crippen molar-refractivity contribution in [3.05, 3.63) is 28.7 Å². The van der Waals surface area contributed by atoms with Crippen LogP contribution in [-0.4, -0.2) is 36.3 Å². The number of rotatable bonds is 5. The fraction of sp³-hybridized carbons (Fsp3) is 0.375. The molecule has 1 heterocycles. The summed E-state index contributed by atoms with van der Waals surface area (Å²) in [7, 11) is 3.13. The Balaban J connectivity index is 2.34. The lowest BCUT2D eigenvalue weighted by Gasteiger charge is -2.19. The van der Waals surface area contributed by atoms with Crippen LogP contribution in [-0.2, 0) is 4.79 Å². The Morgan fingerprint density at radius 2 is 2.00 bits per heavy atom. The summed E-state index contributed by atoms with van der Waals surface area (Å²) in [6.07, 6.45) is 2.42. The third-order valence-electron chi connectivity index (χ3n) is 3.58. The second-order valence-electron chi connectivity index (χ2n) is 4.92. The molecule has 2 amide bonds. The Morgan fingerprint density at radius 3 is 2.59 bits per heavy atom. The number of hydrogen-bond donors (Lipinski definition) is 0. The van der Waals surface area contributed by atoms with E-state index >= 15 is 0 Å². The molecule has 1 aromatic carbocycles. The van der Waals surface area contributed by atoms with E-state index in [1.807, 2.05) is 13.8 Å². The van der Waals surface area contributed by atoms with Gasteiger partial charge in [0.05, 0.1) is 19.1 Å². The van der Waals surface area contributed by atoms with E-state index in [1.165, 1.54) is 4.90 Å². The van der Waals surface area contributed by atoms with Gasteiger partial charge >= 0.3 is 0 Å². The fourth-order valence-electron chi connectivity index (χ4n) is 2.12. The highest BCUT2D eigenvalue weighted by Crippen LogP contribution is 2.36. The van der Waals surface area contributed by atoms with Gasteiger partial charge in [0, 0.05) is 17.7 Å². The minimum atomic E-state index is -0.248. The number of carbonyl (C=O) groups is 2. The van der Waals surface area contributed by atoms with Crippen molar-refractivity contribution in [3.8, 4) is 11.5 Å². The third kappa shape index (κ3) is 3.11. The van der Waals surface area contributed by atoms with E-state index in [0.717, 1.165) is 23.7 Å². The van der Waals surface area contributed by atoms with Crippen molar-refractivity contribution < 1.29 is 19.1 Å². The number of thioether (sulfide) groups is 1. The lowest BCUT2D eigenvalue weighted by Crippen LogP contribution is -2.36. The van der Waals surface area contributed by atoms with Gasteiger partial charge in [-0.05, 0) is 43.3 Å². The minimum absolute atomic E-state index is 0.101. The van der Waals surface area contributed by atoms with Crippen molar-refractivity contribution in [2.75, 3.05) is 14.2 Å². The van der Waals surface area contributed by atoms with Crippen molar-refractivity contribution in [2.24, 2.45) is 0 Å². The van der Waals surface area contributed by atoms with E-state index < -0.39 is 0 Å². The molecule has 0 unspecified atom stereocenters. The normalized spacial score (nSPS) is 18.0. The number of methoxy groups -OCH3 is 2. The Bertz CT molecular complexity index is 627. The van der Waals surface area contributed by atoms with Crippen LogP contribution in [0.4, 0.5) is 4.79 Å². The maximum atomic E-state index is 12.4. The van der Waals surface area contributed by atoms with Crippen LogP contribution in [0.25, 0.3) is 6.08 Å². The smallest absolute Gasteiger partial charge is 0.293 e. The first-order chi connectivity index (χ1) is 10.5. The van der Waals surface area contributed by atoms with Gasteiger partial charge in [-0.25, -0.2) is 0 Å². The van der Waals surface area contributed by atoms with Crippen molar-refractivity contribution in [1.29, 1.82) is 0 Å². The van der Waals surface area contributed by atoms with Crippen LogP contribution in [0.2, 0.25) is 0 Å². The van der Waals surface area contributed by atoms with Crippen LogP contribution in [0.15, 0.2) is 23.1 Å². The van der Waals surface area contributed by atoms with Gasteiger partial charge in [0.1, 0.15) is 11.5 Å². The highest BCUT2D eigenvalue weighted by molar-refractivity contribution is 8.18. The molecule has 1 aromatic rings. The highest BCUT2D eigenvalue weighted by atomic mass is 32.2. The second-order valence-corrected chi connectivity index (χ2v) is 5.91. The van der Waals surface area contributed by atoms with Crippen LogP contribution in [0.1, 0.15) is 25.8 Å². The van der Waals surface area contributed by atoms with Gasteiger partial charge in [0.25, 0.3) is 11.1 Å². The zero-order valence-electron chi connectivity index (χ0n) is 13.1. The van der Waals surface area contributed by atoms with E-state index in [-0.39, 0.29) is 17.2 Å². The summed E-state index contributed by atoms with van der Waals surface area (Å²) in [4.78, 5) is 26.1. The molecule has 0 saturated carbocycles. The van der Waals surface area contributed by atoms with Crippen molar-refractivity contribution in [3.63, 3.8) is 0 Å². The molecule has 0 aliphatic carbocycles. The molecule has 5 nitrogen and oxygen atoms in total.